The first-order chi connectivity index (χ1) is 8.14. The summed E-state index contributed by atoms with van der Waals surface area (Å²) in [7, 11) is 1.62. The van der Waals surface area contributed by atoms with Gasteiger partial charge in [0.05, 0.1) is 10.7 Å². The molecule has 0 unspecified atom stereocenters. The second-order valence-electron chi connectivity index (χ2n) is 4.45. The smallest absolute Gasteiger partial charge is 0.213 e. The van der Waals surface area contributed by atoms with Gasteiger partial charge in [0.2, 0.25) is 5.78 Å². The van der Waals surface area contributed by atoms with Crippen molar-refractivity contribution in [1.29, 1.82) is 0 Å². The summed E-state index contributed by atoms with van der Waals surface area (Å²) in [5.74, 6) is 0.0593. The summed E-state index contributed by atoms with van der Waals surface area (Å²) < 4.78 is 7.97. The number of carbonyl (C=O) groups excluding carboxylic acids is 1. The Hall–Kier alpha value is -0.680. The van der Waals surface area contributed by atoms with Crippen molar-refractivity contribution >= 4 is 21.7 Å². The summed E-state index contributed by atoms with van der Waals surface area (Å²) >= 11 is 3.40. The monoisotopic (exact) mass is 300 g/mol. The van der Waals surface area contributed by atoms with E-state index in [4.69, 9.17) is 4.74 Å². The SMILES string of the molecule is CCCn1ncc(Br)c1C(=O)C1(OC)CCC1. The minimum atomic E-state index is -0.603. The summed E-state index contributed by atoms with van der Waals surface area (Å²) in [5, 5.41) is 4.23. The van der Waals surface area contributed by atoms with E-state index in [2.05, 4.69) is 28.0 Å². The normalized spacial score (nSPS) is 17.8. The maximum absolute atomic E-state index is 12.5. The molecule has 1 aromatic rings. The van der Waals surface area contributed by atoms with Crippen LogP contribution in [0.4, 0.5) is 0 Å². The van der Waals surface area contributed by atoms with Crippen LogP contribution in [0.15, 0.2) is 10.7 Å². The molecule has 0 aliphatic heterocycles. The Bertz CT molecular complexity index is 419. The second kappa shape index (κ2) is 4.90. The van der Waals surface area contributed by atoms with Gasteiger partial charge < -0.3 is 4.74 Å². The van der Waals surface area contributed by atoms with E-state index in [1.165, 1.54) is 0 Å². The summed E-state index contributed by atoms with van der Waals surface area (Å²) in [6.07, 6.45) is 5.32. The first-order valence-electron chi connectivity index (χ1n) is 5.96. The molecule has 94 valence electrons. The van der Waals surface area contributed by atoms with Crippen LogP contribution < -0.4 is 0 Å². The van der Waals surface area contributed by atoms with Crippen LogP contribution in [0.25, 0.3) is 0 Å². The molecular formula is C12H17BrN2O2. The number of aryl methyl sites for hydroxylation is 1. The predicted molar refractivity (Wildman–Crippen MR) is 68.1 cm³/mol. The van der Waals surface area contributed by atoms with Crippen molar-refractivity contribution in [2.24, 2.45) is 0 Å². The van der Waals surface area contributed by atoms with Gasteiger partial charge in [-0.1, -0.05) is 6.92 Å². The molecule has 0 spiro atoms. The average Bonchev–Trinajstić information content (AvgIpc) is 2.59. The van der Waals surface area contributed by atoms with Gasteiger partial charge in [-0.05, 0) is 41.6 Å². The highest BCUT2D eigenvalue weighted by Crippen LogP contribution is 2.39. The fraction of sp³-hybridized carbons (Fsp3) is 0.667. The number of ketones is 1. The minimum Gasteiger partial charge on any atom is -0.370 e. The molecule has 1 saturated carbocycles. The van der Waals surface area contributed by atoms with E-state index in [9.17, 15) is 4.79 Å². The maximum Gasteiger partial charge on any atom is 0.213 e. The quantitative estimate of drug-likeness (QED) is 0.786. The molecule has 1 aliphatic rings. The lowest BCUT2D eigenvalue weighted by molar-refractivity contribution is -0.0455. The lowest BCUT2D eigenvalue weighted by Crippen LogP contribution is -2.47. The third-order valence-electron chi connectivity index (χ3n) is 3.41. The molecule has 0 radical (unpaired) electrons. The lowest BCUT2D eigenvalue weighted by Gasteiger charge is -2.38. The van der Waals surface area contributed by atoms with Crippen molar-refractivity contribution in [3.8, 4) is 0 Å². The van der Waals surface area contributed by atoms with Gasteiger partial charge >= 0.3 is 0 Å². The molecule has 1 fully saturated rings. The molecule has 0 saturated heterocycles. The number of nitrogens with zero attached hydrogens (tertiary/aromatic N) is 2. The van der Waals surface area contributed by atoms with Crippen LogP contribution in [0, 0.1) is 0 Å². The molecule has 0 aromatic carbocycles. The Kier molecular flexibility index (Phi) is 3.68. The fourth-order valence-electron chi connectivity index (χ4n) is 2.21. The van der Waals surface area contributed by atoms with Gasteiger partial charge in [-0.2, -0.15) is 5.10 Å². The number of halogens is 1. The zero-order valence-corrected chi connectivity index (χ0v) is 11.8. The Morgan fingerprint density at radius 2 is 2.35 bits per heavy atom. The van der Waals surface area contributed by atoms with Crippen LogP contribution in [-0.2, 0) is 11.3 Å². The summed E-state index contributed by atoms with van der Waals surface area (Å²) in [6, 6.07) is 0. The van der Waals surface area contributed by atoms with E-state index in [0.717, 1.165) is 36.7 Å². The molecule has 5 heteroatoms. The Balaban J connectivity index is 2.32. The maximum atomic E-state index is 12.5. The third kappa shape index (κ3) is 2.06. The molecule has 0 amide bonds. The van der Waals surface area contributed by atoms with Crippen LogP contribution in [0.5, 0.6) is 0 Å². The largest absolute Gasteiger partial charge is 0.370 e. The molecule has 4 nitrogen and oxygen atoms in total. The van der Waals surface area contributed by atoms with Crippen LogP contribution in [0.1, 0.15) is 43.1 Å². The highest BCUT2D eigenvalue weighted by atomic mass is 79.9. The zero-order valence-electron chi connectivity index (χ0n) is 10.2. The highest BCUT2D eigenvalue weighted by Gasteiger charge is 2.46. The van der Waals surface area contributed by atoms with Crippen LogP contribution >= 0.6 is 15.9 Å². The number of rotatable bonds is 5. The zero-order chi connectivity index (χ0) is 12.5. The Morgan fingerprint density at radius 3 is 2.82 bits per heavy atom. The van der Waals surface area contributed by atoms with Crippen molar-refractivity contribution in [1.82, 2.24) is 9.78 Å². The fourth-order valence-corrected chi connectivity index (χ4v) is 2.68. The van der Waals surface area contributed by atoms with Crippen molar-refractivity contribution in [2.75, 3.05) is 7.11 Å². The average molecular weight is 301 g/mol. The third-order valence-corrected chi connectivity index (χ3v) is 3.99. The summed E-state index contributed by atoms with van der Waals surface area (Å²) in [4.78, 5) is 12.5. The number of Topliss-reactive ketones (excluding diaryl/α,β-unsaturated/α-hetero) is 1. The van der Waals surface area contributed by atoms with E-state index < -0.39 is 5.60 Å². The summed E-state index contributed by atoms with van der Waals surface area (Å²) in [6.45, 7) is 2.83. The molecule has 17 heavy (non-hydrogen) atoms. The van der Waals surface area contributed by atoms with Gasteiger partial charge in [-0.25, -0.2) is 0 Å². The Labute approximate surface area is 109 Å². The van der Waals surface area contributed by atoms with E-state index in [0.29, 0.717) is 5.69 Å². The van der Waals surface area contributed by atoms with Gasteiger partial charge in [-0.3, -0.25) is 9.48 Å². The number of hydrogen-bond donors (Lipinski definition) is 0. The van der Waals surface area contributed by atoms with Crippen LogP contribution in [0.3, 0.4) is 0 Å². The van der Waals surface area contributed by atoms with E-state index in [1.807, 2.05) is 0 Å². The minimum absolute atomic E-state index is 0.0593. The van der Waals surface area contributed by atoms with Crippen LogP contribution in [-0.4, -0.2) is 28.3 Å². The molecular weight excluding hydrogens is 284 g/mol. The van der Waals surface area contributed by atoms with Gasteiger partial charge in [0.15, 0.2) is 0 Å². The van der Waals surface area contributed by atoms with Crippen molar-refractivity contribution in [3.63, 3.8) is 0 Å². The van der Waals surface area contributed by atoms with Gasteiger partial charge in [0, 0.05) is 13.7 Å². The lowest BCUT2D eigenvalue weighted by atomic mass is 9.76. The number of aromatic nitrogens is 2. The first kappa shape index (κ1) is 12.8. The molecule has 2 rings (SSSR count). The van der Waals surface area contributed by atoms with Crippen LogP contribution in [0.2, 0.25) is 0 Å². The molecule has 0 atom stereocenters. The number of carbonyl (C=O) groups is 1. The second-order valence-corrected chi connectivity index (χ2v) is 5.30. The van der Waals surface area contributed by atoms with Gasteiger partial charge in [-0.15, -0.1) is 0 Å². The number of ether oxygens (including phenoxy) is 1. The van der Waals surface area contributed by atoms with E-state index in [1.54, 1.807) is 18.0 Å². The predicted octanol–water partition coefficient (Wildman–Crippen LogP) is 2.81. The first-order valence-corrected chi connectivity index (χ1v) is 6.75. The highest BCUT2D eigenvalue weighted by molar-refractivity contribution is 9.10. The molecule has 1 aliphatic carbocycles. The molecule has 0 N–H and O–H groups in total. The number of hydrogen-bond acceptors (Lipinski definition) is 3. The summed E-state index contributed by atoms with van der Waals surface area (Å²) in [5.41, 5.74) is 0.0435. The topological polar surface area (TPSA) is 44.1 Å². The molecule has 1 heterocycles. The van der Waals surface area contributed by atoms with Crippen molar-refractivity contribution < 1.29 is 9.53 Å². The van der Waals surface area contributed by atoms with Crippen molar-refractivity contribution in [3.05, 3.63) is 16.4 Å². The van der Waals surface area contributed by atoms with E-state index >= 15 is 0 Å². The Morgan fingerprint density at radius 1 is 1.65 bits per heavy atom. The van der Waals surface area contributed by atoms with Gasteiger partial charge in [0.25, 0.3) is 0 Å². The standard InChI is InChI=1S/C12H17BrN2O2/c1-3-7-15-10(9(13)8-14-15)11(16)12(17-2)5-4-6-12/h8H,3-7H2,1-2H3. The van der Waals surface area contributed by atoms with Crippen molar-refractivity contribution in [2.45, 2.75) is 44.8 Å². The molecule has 1 aromatic heterocycles. The number of methoxy groups -OCH3 is 1. The van der Waals surface area contributed by atoms with E-state index in [-0.39, 0.29) is 5.78 Å². The molecule has 0 bridgehead atoms. The van der Waals surface area contributed by atoms with Gasteiger partial charge in [0.1, 0.15) is 11.3 Å².